The first kappa shape index (κ1) is 13.9. The van der Waals surface area contributed by atoms with Crippen LogP contribution in [0.15, 0.2) is 66.7 Å². The number of rotatable bonds is 6. The van der Waals surface area contributed by atoms with Crippen LogP contribution in [-0.4, -0.2) is 11.1 Å². The molecule has 2 rings (SSSR count). The molecule has 0 heterocycles. The Balaban J connectivity index is 2.01. The highest BCUT2D eigenvalue weighted by Crippen LogP contribution is 2.22. The number of hydrogen-bond acceptors (Lipinski definition) is 2. The molecule has 1 N–H and O–H groups in total. The fraction of sp³-hybridized carbons (Fsp3) is 0.118. The molecule has 0 fully saturated rings. The van der Waals surface area contributed by atoms with Gasteiger partial charge in [-0.2, -0.15) is 0 Å². The van der Waals surface area contributed by atoms with Gasteiger partial charge in [-0.25, -0.2) is 4.79 Å². The number of aryl methyl sites for hydroxylation is 1. The highest BCUT2D eigenvalue weighted by molar-refractivity contribution is 5.85. The first-order chi connectivity index (χ1) is 9.65. The van der Waals surface area contributed by atoms with E-state index in [1.54, 1.807) is 0 Å². The first-order valence-electron chi connectivity index (χ1n) is 6.38. The van der Waals surface area contributed by atoms with Crippen LogP contribution in [0.5, 0.6) is 11.5 Å². The van der Waals surface area contributed by atoms with Crippen LogP contribution in [0.3, 0.4) is 0 Å². The molecular weight excluding hydrogens is 252 g/mol. The fourth-order valence-electron chi connectivity index (χ4n) is 1.79. The normalized spacial score (nSPS) is 10.0. The van der Waals surface area contributed by atoms with Crippen molar-refractivity contribution in [2.45, 2.75) is 12.8 Å². The molecule has 0 spiro atoms. The van der Waals surface area contributed by atoms with Gasteiger partial charge in [0.2, 0.25) is 0 Å². The number of ether oxygens (including phenoxy) is 1. The minimum absolute atomic E-state index is 0.222. The lowest BCUT2D eigenvalue weighted by Gasteiger charge is -2.07. The summed E-state index contributed by atoms with van der Waals surface area (Å²) in [5.41, 5.74) is 1.25. The SMILES string of the molecule is C=C(CCc1cccc(Oc2ccccc2)c1)C(=O)O. The van der Waals surface area contributed by atoms with E-state index in [1.165, 1.54) is 0 Å². The summed E-state index contributed by atoms with van der Waals surface area (Å²) in [6.45, 7) is 3.53. The molecule has 0 amide bonds. The summed E-state index contributed by atoms with van der Waals surface area (Å²) in [5.74, 6) is 0.580. The lowest BCUT2D eigenvalue weighted by Crippen LogP contribution is -2.00. The van der Waals surface area contributed by atoms with Gasteiger partial charge in [-0.1, -0.05) is 36.9 Å². The van der Waals surface area contributed by atoms with E-state index in [1.807, 2.05) is 54.6 Å². The number of carboxylic acids is 1. The zero-order valence-electron chi connectivity index (χ0n) is 11.1. The molecule has 0 aliphatic carbocycles. The molecule has 2 aromatic carbocycles. The molecule has 0 atom stereocenters. The number of carbonyl (C=O) groups is 1. The minimum atomic E-state index is -0.943. The van der Waals surface area contributed by atoms with Crippen molar-refractivity contribution in [2.75, 3.05) is 0 Å². The molecule has 0 bridgehead atoms. The van der Waals surface area contributed by atoms with Gasteiger partial charge in [0.15, 0.2) is 0 Å². The molecule has 20 heavy (non-hydrogen) atoms. The van der Waals surface area contributed by atoms with Crippen molar-refractivity contribution < 1.29 is 14.6 Å². The standard InChI is InChI=1S/C17H16O3/c1-13(17(18)19)10-11-14-6-5-9-16(12-14)20-15-7-3-2-4-8-15/h2-9,12H,1,10-11H2,(H,18,19). The summed E-state index contributed by atoms with van der Waals surface area (Å²) < 4.78 is 5.73. The van der Waals surface area contributed by atoms with Crippen molar-refractivity contribution >= 4 is 5.97 Å². The van der Waals surface area contributed by atoms with Gasteiger partial charge in [-0.05, 0) is 42.7 Å². The lowest BCUT2D eigenvalue weighted by atomic mass is 10.1. The summed E-state index contributed by atoms with van der Waals surface area (Å²) >= 11 is 0. The second kappa shape index (κ2) is 6.57. The fourth-order valence-corrected chi connectivity index (χ4v) is 1.79. The van der Waals surface area contributed by atoms with Gasteiger partial charge in [0, 0.05) is 5.57 Å². The summed E-state index contributed by atoms with van der Waals surface area (Å²) in [6, 6.07) is 17.2. The van der Waals surface area contributed by atoms with Crippen LogP contribution in [0, 0.1) is 0 Å². The maximum atomic E-state index is 10.7. The Morgan fingerprint density at radius 2 is 1.75 bits per heavy atom. The summed E-state index contributed by atoms with van der Waals surface area (Å²) in [5, 5.41) is 8.79. The van der Waals surface area contributed by atoms with Crippen molar-refractivity contribution in [2.24, 2.45) is 0 Å². The van der Waals surface area contributed by atoms with Crippen LogP contribution in [-0.2, 0) is 11.2 Å². The molecule has 0 saturated carbocycles. The van der Waals surface area contributed by atoms with Gasteiger partial charge in [0.25, 0.3) is 0 Å². The minimum Gasteiger partial charge on any atom is -0.478 e. The Morgan fingerprint density at radius 3 is 2.45 bits per heavy atom. The Bertz CT molecular complexity index is 603. The third-order valence-corrected chi connectivity index (χ3v) is 2.90. The molecule has 0 saturated heterocycles. The number of carboxylic acid groups (broad SMARTS) is 1. The molecule has 0 radical (unpaired) electrons. The quantitative estimate of drug-likeness (QED) is 0.804. The smallest absolute Gasteiger partial charge is 0.330 e. The van der Waals surface area contributed by atoms with Crippen molar-refractivity contribution in [3.8, 4) is 11.5 Å². The molecular formula is C17H16O3. The van der Waals surface area contributed by atoms with Crippen LogP contribution >= 0.6 is 0 Å². The van der Waals surface area contributed by atoms with E-state index in [9.17, 15) is 4.79 Å². The van der Waals surface area contributed by atoms with Crippen LogP contribution in [0.25, 0.3) is 0 Å². The Kier molecular flexibility index (Phi) is 4.56. The maximum absolute atomic E-state index is 10.7. The zero-order valence-corrected chi connectivity index (χ0v) is 11.1. The van der Waals surface area contributed by atoms with E-state index in [4.69, 9.17) is 9.84 Å². The van der Waals surface area contributed by atoms with Gasteiger partial charge < -0.3 is 9.84 Å². The zero-order chi connectivity index (χ0) is 14.4. The van der Waals surface area contributed by atoms with Crippen molar-refractivity contribution in [3.63, 3.8) is 0 Å². The molecule has 0 aliphatic rings. The van der Waals surface area contributed by atoms with Gasteiger partial charge in [-0.15, -0.1) is 0 Å². The molecule has 3 heteroatoms. The van der Waals surface area contributed by atoms with Crippen LogP contribution in [0.4, 0.5) is 0 Å². The highest BCUT2D eigenvalue weighted by Gasteiger charge is 2.05. The van der Waals surface area contributed by atoms with Crippen LogP contribution in [0.1, 0.15) is 12.0 Å². The number of aliphatic carboxylic acids is 1. The molecule has 102 valence electrons. The lowest BCUT2D eigenvalue weighted by molar-refractivity contribution is -0.132. The van der Waals surface area contributed by atoms with Gasteiger partial charge in [0.1, 0.15) is 11.5 Å². The van der Waals surface area contributed by atoms with E-state index in [-0.39, 0.29) is 5.57 Å². The number of para-hydroxylation sites is 1. The van der Waals surface area contributed by atoms with Crippen molar-refractivity contribution in [1.82, 2.24) is 0 Å². The van der Waals surface area contributed by atoms with E-state index in [0.29, 0.717) is 12.8 Å². The van der Waals surface area contributed by atoms with E-state index >= 15 is 0 Å². The number of benzene rings is 2. The van der Waals surface area contributed by atoms with Crippen molar-refractivity contribution in [3.05, 3.63) is 72.3 Å². The first-order valence-corrected chi connectivity index (χ1v) is 6.38. The second-order valence-electron chi connectivity index (χ2n) is 4.47. The predicted molar refractivity (Wildman–Crippen MR) is 78.1 cm³/mol. The topological polar surface area (TPSA) is 46.5 Å². The van der Waals surface area contributed by atoms with E-state index in [0.717, 1.165) is 17.1 Å². The predicted octanol–water partition coefficient (Wildman–Crippen LogP) is 4.05. The summed E-state index contributed by atoms with van der Waals surface area (Å²) in [7, 11) is 0. The third kappa shape index (κ3) is 3.99. The van der Waals surface area contributed by atoms with Crippen LogP contribution in [0.2, 0.25) is 0 Å². The maximum Gasteiger partial charge on any atom is 0.330 e. The molecule has 0 aliphatic heterocycles. The third-order valence-electron chi connectivity index (χ3n) is 2.90. The van der Waals surface area contributed by atoms with Crippen LogP contribution < -0.4 is 4.74 Å². The van der Waals surface area contributed by atoms with Gasteiger partial charge in [0.05, 0.1) is 0 Å². The summed E-state index contributed by atoms with van der Waals surface area (Å²) in [6.07, 6.45) is 1.07. The Labute approximate surface area is 118 Å². The monoisotopic (exact) mass is 268 g/mol. The average Bonchev–Trinajstić information content (AvgIpc) is 2.46. The molecule has 2 aromatic rings. The Morgan fingerprint density at radius 1 is 1.05 bits per heavy atom. The second-order valence-corrected chi connectivity index (χ2v) is 4.47. The highest BCUT2D eigenvalue weighted by atomic mass is 16.5. The largest absolute Gasteiger partial charge is 0.478 e. The molecule has 3 nitrogen and oxygen atoms in total. The average molecular weight is 268 g/mol. The number of hydrogen-bond donors (Lipinski definition) is 1. The van der Waals surface area contributed by atoms with Crippen molar-refractivity contribution in [1.29, 1.82) is 0 Å². The van der Waals surface area contributed by atoms with Gasteiger partial charge in [-0.3, -0.25) is 0 Å². The van der Waals surface area contributed by atoms with E-state index in [2.05, 4.69) is 6.58 Å². The van der Waals surface area contributed by atoms with E-state index < -0.39 is 5.97 Å². The summed E-state index contributed by atoms with van der Waals surface area (Å²) in [4.78, 5) is 10.7. The molecule has 0 aromatic heterocycles. The molecule has 0 unspecified atom stereocenters. The van der Waals surface area contributed by atoms with Gasteiger partial charge >= 0.3 is 5.97 Å². The Hall–Kier alpha value is -2.55.